The van der Waals surface area contributed by atoms with Gasteiger partial charge in [-0.05, 0) is 35.9 Å². The van der Waals surface area contributed by atoms with E-state index in [2.05, 4.69) is 5.32 Å². The lowest BCUT2D eigenvalue weighted by Crippen LogP contribution is -2.32. The summed E-state index contributed by atoms with van der Waals surface area (Å²) in [6.07, 6.45) is 0.901. The smallest absolute Gasteiger partial charge is 0.257 e. The number of fused-ring (bicyclic) bond motifs is 1. The number of ether oxygens (including phenoxy) is 1. The van der Waals surface area contributed by atoms with Crippen LogP contribution in [0.1, 0.15) is 20.8 Å². The Morgan fingerprint density at radius 3 is 2.64 bits per heavy atom. The Bertz CT molecular complexity index is 1390. The normalized spacial score (nSPS) is 12.0. The van der Waals surface area contributed by atoms with Crippen LogP contribution in [0.3, 0.4) is 0 Å². The molecule has 1 atom stereocenters. The summed E-state index contributed by atoms with van der Waals surface area (Å²) in [6, 6.07) is 18.7. The Morgan fingerprint density at radius 1 is 1.19 bits per heavy atom. The van der Waals surface area contributed by atoms with Gasteiger partial charge in [0.05, 0.1) is 24.7 Å². The number of pyridine rings is 1. The van der Waals surface area contributed by atoms with Gasteiger partial charge in [0.1, 0.15) is 10.4 Å². The van der Waals surface area contributed by atoms with E-state index < -0.39 is 12.0 Å². The maximum Gasteiger partial charge on any atom is 0.257 e. The van der Waals surface area contributed by atoms with E-state index in [0.717, 1.165) is 21.0 Å². The number of nitrogens with zero attached hydrogens (tertiary/aromatic N) is 2. The van der Waals surface area contributed by atoms with Crippen LogP contribution in [0, 0.1) is 0 Å². The van der Waals surface area contributed by atoms with Crippen LogP contribution in [0.25, 0.3) is 10.2 Å². The third-order valence-corrected chi connectivity index (χ3v) is 7.19. The van der Waals surface area contributed by atoms with Gasteiger partial charge in [0.15, 0.2) is 0 Å². The van der Waals surface area contributed by atoms with Gasteiger partial charge in [-0.15, -0.1) is 11.3 Å². The second-order valence-electron chi connectivity index (χ2n) is 8.61. The van der Waals surface area contributed by atoms with Gasteiger partial charge >= 0.3 is 0 Å². The lowest BCUT2D eigenvalue weighted by Gasteiger charge is -2.22. The third-order valence-electron chi connectivity index (χ3n) is 5.74. The number of aliphatic hydroxyl groups is 1. The van der Waals surface area contributed by atoms with E-state index in [0.29, 0.717) is 23.5 Å². The average Bonchev–Trinajstić information content (AvgIpc) is 3.31. The number of nitrogens with one attached hydrogen (secondary N) is 1. The van der Waals surface area contributed by atoms with Crippen molar-refractivity contribution in [2.75, 3.05) is 25.1 Å². The fraction of sp³-hybridized carbons (Fsp3) is 0.259. The highest BCUT2D eigenvalue weighted by molar-refractivity contribution is 7.18. The lowest BCUT2D eigenvalue weighted by molar-refractivity contribution is 0.0335. The molecular weight excluding hydrogens is 498 g/mol. The molecule has 188 valence electrons. The second-order valence-corrected chi connectivity index (χ2v) is 10.2. The number of anilines is 1. The molecule has 2 N–H and O–H groups in total. The van der Waals surface area contributed by atoms with E-state index in [9.17, 15) is 14.7 Å². The van der Waals surface area contributed by atoms with Crippen LogP contribution < -0.4 is 15.6 Å². The van der Waals surface area contributed by atoms with Crippen LogP contribution >= 0.6 is 22.9 Å². The summed E-state index contributed by atoms with van der Waals surface area (Å²) in [6.45, 7) is 1.16. The highest BCUT2D eigenvalue weighted by atomic mass is 35.5. The summed E-state index contributed by atoms with van der Waals surface area (Å²) < 4.78 is 7.52. The van der Waals surface area contributed by atoms with Gasteiger partial charge in [-0.3, -0.25) is 9.59 Å². The summed E-state index contributed by atoms with van der Waals surface area (Å²) in [5.74, 6) is -0.429. The number of hydrogen-bond acceptors (Lipinski definition) is 6. The summed E-state index contributed by atoms with van der Waals surface area (Å²) in [7, 11) is 3.73. The van der Waals surface area contributed by atoms with Crippen LogP contribution in [0.2, 0.25) is 5.02 Å². The number of hydrogen-bond donors (Lipinski definition) is 2. The Morgan fingerprint density at radius 2 is 1.92 bits per heavy atom. The molecule has 0 spiro atoms. The Kier molecular flexibility index (Phi) is 8.43. The Labute approximate surface area is 218 Å². The number of likely N-dealkylation sites (N-methyl/N-ethyl adjacent to an activating group) is 1. The van der Waals surface area contributed by atoms with Gasteiger partial charge in [0.2, 0.25) is 5.43 Å². The minimum atomic E-state index is -0.660. The maximum atomic E-state index is 13.1. The van der Waals surface area contributed by atoms with Crippen LogP contribution in [0.15, 0.2) is 71.7 Å². The van der Waals surface area contributed by atoms with E-state index in [-0.39, 0.29) is 24.2 Å². The highest BCUT2D eigenvalue weighted by Gasteiger charge is 2.17. The minimum absolute atomic E-state index is 0.0867. The number of para-hydroxylation sites is 1. The van der Waals surface area contributed by atoms with Gasteiger partial charge in [0, 0.05) is 49.0 Å². The number of aliphatic hydroxyl groups excluding tert-OH is 1. The van der Waals surface area contributed by atoms with Gasteiger partial charge in [0.25, 0.3) is 5.91 Å². The monoisotopic (exact) mass is 525 g/mol. The van der Waals surface area contributed by atoms with Crippen molar-refractivity contribution >= 4 is 44.7 Å². The predicted molar refractivity (Wildman–Crippen MR) is 145 cm³/mol. The highest BCUT2D eigenvalue weighted by Crippen LogP contribution is 2.24. The third kappa shape index (κ3) is 6.33. The van der Waals surface area contributed by atoms with E-state index in [1.165, 1.54) is 11.3 Å². The molecule has 0 saturated heterocycles. The number of benzene rings is 2. The molecule has 7 nitrogen and oxygen atoms in total. The van der Waals surface area contributed by atoms with Crippen molar-refractivity contribution < 1.29 is 14.6 Å². The molecule has 4 rings (SSSR count). The molecule has 4 aromatic rings. The molecule has 9 heteroatoms. The molecule has 0 fully saturated rings. The predicted octanol–water partition coefficient (Wildman–Crippen LogP) is 4.20. The van der Waals surface area contributed by atoms with E-state index >= 15 is 0 Å². The Balaban J connectivity index is 1.37. The molecule has 1 amide bonds. The molecule has 0 aliphatic rings. The molecule has 1 unspecified atom stereocenters. The van der Waals surface area contributed by atoms with Crippen molar-refractivity contribution in [2.45, 2.75) is 19.3 Å². The molecular formula is C27H28ClN3O4S. The number of aryl methyl sites for hydroxylation is 1. The molecule has 2 aromatic heterocycles. The average molecular weight is 526 g/mol. The van der Waals surface area contributed by atoms with Crippen LogP contribution in [0.4, 0.5) is 5.69 Å². The lowest BCUT2D eigenvalue weighted by atomic mass is 10.2. The van der Waals surface area contributed by atoms with E-state index in [4.69, 9.17) is 16.3 Å². The van der Waals surface area contributed by atoms with Gasteiger partial charge in [-0.2, -0.15) is 0 Å². The van der Waals surface area contributed by atoms with Crippen molar-refractivity contribution in [3.8, 4) is 0 Å². The zero-order valence-corrected chi connectivity index (χ0v) is 21.7. The van der Waals surface area contributed by atoms with Crippen LogP contribution in [-0.4, -0.2) is 41.9 Å². The Hall–Kier alpha value is -3.17. The first-order valence-corrected chi connectivity index (χ1v) is 12.7. The zero-order chi connectivity index (χ0) is 25.7. The summed E-state index contributed by atoms with van der Waals surface area (Å²) >= 11 is 7.34. The number of thiophene rings is 1. The molecule has 2 heterocycles. The molecule has 0 saturated carbocycles. The van der Waals surface area contributed by atoms with Crippen molar-refractivity contribution in [3.05, 3.63) is 98.1 Å². The first-order valence-electron chi connectivity index (χ1n) is 11.5. The number of rotatable bonds is 10. The first-order chi connectivity index (χ1) is 17.3. The molecule has 36 heavy (non-hydrogen) atoms. The molecule has 2 aromatic carbocycles. The maximum absolute atomic E-state index is 13.1. The van der Waals surface area contributed by atoms with Crippen molar-refractivity contribution in [2.24, 2.45) is 7.05 Å². The quantitative estimate of drug-likeness (QED) is 0.324. The summed E-state index contributed by atoms with van der Waals surface area (Å²) in [4.78, 5) is 29.4. The fourth-order valence-electron chi connectivity index (χ4n) is 3.88. The number of carbonyl (C=O) groups excluding carboxylic acids is 1. The minimum Gasteiger partial charge on any atom is -0.389 e. The topological polar surface area (TPSA) is 83.8 Å². The second kappa shape index (κ2) is 11.7. The summed E-state index contributed by atoms with van der Waals surface area (Å²) in [5, 5.41) is 14.3. The number of amides is 1. The van der Waals surface area contributed by atoms with E-state index in [1.54, 1.807) is 29.0 Å². The van der Waals surface area contributed by atoms with Crippen LogP contribution in [0.5, 0.6) is 0 Å². The van der Waals surface area contributed by atoms with Gasteiger partial charge in [-0.25, -0.2) is 0 Å². The molecule has 0 aliphatic heterocycles. The standard InChI is InChI=1S/C27H28ClN3O4S/c1-30(20-6-4-3-5-7-20)14-21(32)16-35-17-22-12-23-25(33)24(15-31(2)27(23)36-22)26(34)29-13-18-8-10-19(28)11-9-18/h3-12,15,21,32H,13-14,16-17H2,1-2H3,(H,29,34). The largest absolute Gasteiger partial charge is 0.389 e. The SMILES string of the molecule is CN(CC(O)COCc1cc2c(=O)c(C(=O)NCc3ccc(Cl)cc3)cn(C)c2s1)c1ccccc1. The fourth-order valence-corrected chi connectivity index (χ4v) is 5.03. The molecule has 0 bridgehead atoms. The molecule has 0 radical (unpaired) electrons. The number of halogens is 1. The van der Waals surface area contributed by atoms with Crippen LogP contribution in [-0.2, 0) is 24.9 Å². The number of carbonyl (C=O) groups is 1. The van der Waals surface area contributed by atoms with Gasteiger partial charge in [-0.1, -0.05) is 41.9 Å². The van der Waals surface area contributed by atoms with E-state index in [1.807, 2.05) is 61.5 Å². The van der Waals surface area contributed by atoms with Crippen molar-refractivity contribution in [3.63, 3.8) is 0 Å². The molecule has 0 aliphatic carbocycles. The van der Waals surface area contributed by atoms with Crippen molar-refractivity contribution in [1.29, 1.82) is 0 Å². The first kappa shape index (κ1) is 25.9. The number of aromatic nitrogens is 1. The zero-order valence-electron chi connectivity index (χ0n) is 20.1. The van der Waals surface area contributed by atoms with Gasteiger partial charge < -0.3 is 24.6 Å². The summed E-state index contributed by atoms with van der Waals surface area (Å²) in [5.41, 5.74) is 1.68. The van der Waals surface area contributed by atoms with Crippen molar-refractivity contribution in [1.82, 2.24) is 9.88 Å².